The Morgan fingerprint density at radius 2 is 1.56 bits per heavy atom. The third-order valence-corrected chi connectivity index (χ3v) is 8.02. The van der Waals surface area contributed by atoms with Gasteiger partial charge in [-0.05, 0) is 52.4 Å². The monoisotopic (exact) mass is 653 g/mol. The van der Waals surface area contributed by atoms with Gasteiger partial charge < -0.3 is 5.32 Å². The molecule has 1 amide bonds. The van der Waals surface area contributed by atoms with Crippen LogP contribution in [0.3, 0.4) is 0 Å². The molecule has 0 heterocycles. The third kappa shape index (κ3) is 8.61. The van der Waals surface area contributed by atoms with E-state index in [9.17, 15) is 36.0 Å². The zero-order valence-corrected chi connectivity index (χ0v) is 24.7. The molecule has 0 spiro atoms. The third-order valence-electron chi connectivity index (χ3n) is 6.39. The van der Waals surface area contributed by atoms with Gasteiger partial charge in [-0.1, -0.05) is 72.2 Å². The predicted octanol–water partition coefficient (Wildman–Crippen LogP) is 6.13. The van der Waals surface area contributed by atoms with E-state index in [1.165, 1.54) is 48.5 Å². The van der Waals surface area contributed by atoms with Crippen LogP contribution in [0, 0.1) is 23.1 Å². The fourth-order valence-corrected chi connectivity index (χ4v) is 5.15. The molecule has 3 aromatic carbocycles. The predicted molar refractivity (Wildman–Crippen MR) is 151 cm³/mol. The van der Waals surface area contributed by atoms with Crippen LogP contribution < -0.4 is 10.6 Å². The van der Waals surface area contributed by atoms with Crippen molar-refractivity contribution >= 4 is 31.7 Å². The van der Waals surface area contributed by atoms with Crippen molar-refractivity contribution in [1.29, 1.82) is 5.26 Å². The van der Waals surface area contributed by atoms with E-state index in [1.54, 1.807) is 32.0 Å². The van der Waals surface area contributed by atoms with Gasteiger partial charge in [0, 0.05) is 17.1 Å². The number of carbonyl (C=O) groups excluding carboxylic acids is 1. The smallest absolute Gasteiger partial charge is 0.339 e. The number of alkyl halides is 3. The number of hydrogen-bond donors (Lipinski definition) is 2. The first-order valence-electron chi connectivity index (χ1n) is 12.5. The van der Waals surface area contributed by atoms with Crippen LogP contribution in [0.15, 0.2) is 76.1 Å². The van der Waals surface area contributed by atoms with Gasteiger partial charge in [0.05, 0.1) is 17.0 Å². The average Bonchev–Trinajstić information content (AvgIpc) is 2.89. The molecule has 0 aliphatic rings. The summed E-state index contributed by atoms with van der Waals surface area (Å²) in [6.45, 7) is 3.15. The first-order chi connectivity index (χ1) is 19.1. The Hall–Kier alpha value is -3.27. The van der Waals surface area contributed by atoms with Gasteiger partial charge in [-0.25, -0.2) is 12.8 Å². The summed E-state index contributed by atoms with van der Waals surface area (Å²) < 4.78 is 80.8. The molecule has 3 aromatic rings. The molecule has 0 unspecified atom stereocenters. The van der Waals surface area contributed by atoms with E-state index in [0.29, 0.717) is 15.6 Å². The number of sulfone groups is 1. The Morgan fingerprint density at radius 3 is 2.02 bits per heavy atom. The molecule has 41 heavy (non-hydrogen) atoms. The van der Waals surface area contributed by atoms with Crippen molar-refractivity contribution in [2.24, 2.45) is 5.92 Å². The molecular weight excluding hydrogens is 626 g/mol. The fourth-order valence-electron chi connectivity index (χ4n) is 4.19. The summed E-state index contributed by atoms with van der Waals surface area (Å²) in [5.74, 6) is -1.99. The van der Waals surface area contributed by atoms with Gasteiger partial charge in [0.15, 0.2) is 9.84 Å². The van der Waals surface area contributed by atoms with Crippen molar-refractivity contribution in [1.82, 2.24) is 10.6 Å². The van der Waals surface area contributed by atoms with Gasteiger partial charge in [-0.2, -0.15) is 18.4 Å². The second-order valence-electron chi connectivity index (χ2n) is 9.91. The number of benzene rings is 3. The van der Waals surface area contributed by atoms with Crippen LogP contribution in [0.5, 0.6) is 0 Å². The van der Waals surface area contributed by atoms with Gasteiger partial charge >= 0.3 is 6.18 Å². The fraction of sp³-hybridized carbons (Fsp3) is 0.310. The molecule has 6 nitrogen and oxygen atoms in total. The van der Waals surface area contributed by atoms with E-state index in [2.05, 4.69) is 26.6 Å². The Bertz CT molecular complexity index is 1520. The number of nitriles is 1. The van der Waals surface area contributed by atoms with Crippen molar-refractivity contribution in [3.8, 4) is 17.2 Å². The summed E-state index contributed by atoms with van der Waals surface area (Å²) in [6.07, 6.45) is -3.85. The second-order valence-corrected chi connectivity index (χ2v) is 12.8. The lowest BCUT2D eigenvalue weighted by Gasteiger charge is -2.30. The summed E-state index contributed by atoms with van der Waals surface area (Å²) in [5.41, 5.74) is 1.23. The molecular formula is C29H28BrF4N3O3S. The lowest BCUT2D eigenvalue weighted by molar-refractivity contribution is -0.161. The van der Waals surface area contributed by atoms with E-state index in [4.69, 9.17) is 0 Å². The van der Waals surface area contributed by atoms with Crippen molar-refractivity contribution in [2.75, 3.05) is 6.26 Å². The van der Waals surface area contributed by atoms with Gasteiger partial charge in [-0.3, -0.25) is 10.1 Å². The number of nitrogens with one attached hydrogen (secondary N) is 2. The standard InChI is InChI=1S/C29H28BrF4N3O3S/c1-17(2)26(28(38)36-23(16-35)14-21-8-11-22(30)15-25(21)31)37-27(29(32,33)34)20-6-4-18(5-7-20)19-9-12-24(13-10-19)41(3,39)40/h4-13,15,17,23,26-27,37H,14H2,1-3H3,(H,36,38)/t23-,26-,27-/m0/s1. The number of nitrogens with zero attached hydrogens (tertiary/aromatic N) is 1. The maximum absolute atomic E-state index is 14.3. The summed E-state index contributed by atoms with van der Waals surface area (Å²) in [6, 6.07) is 12.9. The molecule has 12 heteroatoms. The number of amides is 1. The van der Waals surface area contributed by atoms with Crippen molar-refractivity contribution in [3.05, 3.63) is 88.1 Å². The largest absolute Gasteiger partial charge is 0.407 e. The van der Waals surface area contributed by atoms with Crippen LogP contribution in [0.25, 0.3) is 11.1 Å². The maximum atomic E-state index is 14.3. The molecule has 0 aromatic heterocycles. The van der Waals surface area contributed by atoms with Gasteiger partial charge in [0.2, 0.25) is 5.91 Å². The molecule has 0 radical (unpaired) electrons. The Morgan fingerprint density at radius 1 is 1.00 bits per heavy atom. The molecule has 2 N–H and O–H groups in total. The summed E-state index contributed by atoms with van der Waals surface area (Å²) in [4.78, 5) is 13.2. The molecule has 0 saturated carbocycles. The molecule has 0 aliphatic carbocycles. The number of halogens is 5. The molecule has 0 fully saturated rings. The highest BCUT2D eigenvalue weighted by atomic mass is 79.9. The van der Waals surface area contributed by atoms with E-state index in [-0.39, 0.29) is 22.4 Å². The van der Waals surface area contributed by atoms with Crippen LogP contribution in [-0.4, -0.2) is 38.8 Å². The number of hydrogen-bond acceptors (Lipinski definition) is 5. The summed E-state index contributed by atoms with van der Waals surface area (Å²) >= 11 is 3.14. The second kappa shape index (κ2) is 13.1. The van der Waals surface area contributed by atoms with Crippen molar-refractivity contribution in [3.63, 3.8) is 0 Å². The van der Waals surface area contributed by atoms with Crippen LogP contribution in [0.2, 0.25) is 0 Å². The zero-order valence-electron chi connectivity index (χ0n) is 22.3. The van der Waals surface area contributed by atoms with Crippen LogP contribution in [0.1, 0.15) is 31.0 Å². The van der Waals surface area contributed by atoms with Crippen LogP contribution in [-0.2, 0) is 21.1 Å². The maximum Gasteiger partial charge on any atom is 0.407 e. The highest BCUT2D eigenvalue weighted by Crippen LogP contribution is 2.35. The molecule has 3 atom stereocenters. The molecule has 0 bridgehead atoms. The highest BCUT2D eigenvalue weighted by Gasteiger charge is 2.43. The molecule has 3 rings (SSSR count). The van der Waals surface area contributed by atoms with Crippen molar-refractivity contribution in [2.45, 2.75) is 49.5 Å². The van der Waals surface area contributed by atoms with Gasteiger partial charge in [0.1, 0.15) is 17.9 Å². The Kier molecular flexibility index (Phi) is 10.3. The lowest BCUT2D eigenvalue weighted by Crippen LogP contribution is -2.53. The molecule has 218 valence electrons. The van der Waals surface area contributed by atoms with E-state index >= 15 is 0 Å². The van der Waals surface area contributed by atoms with Gasteiger partial charge in [0.25, 0.3) is 0 Å². The van der Waals surface area contributed by atoms with Crippen molar-refractivity contribution < 1.29 is 30.8 Å². The van der Waals surface area contributed by atoms with Crippen LogP contribution in [0.4, 0.5) is 17.6 Å². The van der Waals surface area contributed by atoms with E-state index < -0.39 is 51.8 Å². The minimum atomic E-state index is -4.76. The minimum Gasteiger partial charge on any atom is -0.339 e. The Balaban J connectivity index is 1.80. The lowest BCUT2D eigenvalue weighted by atomic mass is 9.97. The zero-order chi connectivity index (χ0) is 30.5. The van der Waals surface area contributed by atoms with E-state index in [1.807, 2.05) is 6.07 Å². The number of carbonyl (C=O) groups is 1. The first-order valence-corrected chi connectivity index (χ1v) is 15.2. The quantitative estimate of drug-likeness (QED) is 0.257. The number of rotatable bonds is 10. The van der Waals surface area contributed by atoms with Crippen LogP contribution >= 0.6 is 15.9 Å². The minimum absolute atomic E-state index is 0.123. The summed E-state index contributed by atoms with van der Waals surface area (Å²) in [5, 5.41) is 14.4. The normalized spacial score (nSPS) is 14.2. The topological polar surface area (TPSA) is 99.1 Å². The summed E-state index contributed by atoms with van der Waals surface area (Å²) in [7, 11) is -3.39. The molecule has 0 saturated heterocycles. The highest BCUT2D eigenvalue weighted by molar-refractivity contribution is 9.10. The van der Waals surface area contributed by atoms with E-state index in [0.717, 1.165) is 6.26 Å². The van der Waals surface area contributed by atoms with Gasteiger partial charge in [-0.15, -0.1) is 0 Å². The molecule has 0 aliphatic heterocycles. The average molecular weight is 655 g/mol. The first kappa shape index (κ1) is 32.2. The SMILES string of the molecule is CC(C)[C@H](N[C@@H](c1ccc(-c2ccc(S(C)(=O)=O)cc2)cc1)C(F)(F)F)C(=O)N[C@H](C#N)Cc1ccc(Br)cc1F. The Labute approximate surface area is 244 Å².